The number of aliphatic hydroxyl groups is 1. The van der Waals surface area contributed by atoms with Crippen LogP contribution in [0.4, 0.5) is 0 Å². The average Bonchev–Trinajstić information content (AvgIpc) is 2.91. The van der Waals surface area contributed by atoms with Gasteiger partial charge in [-0.15, -0.1) is 0 Å². The second-order valence-corrected chi connectivity index (χ2v) is 8.98. The number of aromatic nitrogens is 4. The third-order valence-corrected chi connectivity index (χ3v) is 5.38. The maximum Gasteiger partial charge on any atom is 0.0794 e. The van der Waals surface area contributed by atoms with E-state index in [1.807, 2.05) is 72.8 Å². The Hall–Kier alpha value is -3.52. The lowest BCUT2D eigenvalue weighted by Crippen LogP contribution is -2.40. The highest BCUT2D eigenvalue weighted by Crippen LogP contribution is 2.11. The smallest absolute Gasteiger partial charge is 0.0794 e. The number of aliphatic hydroxyl groups excluding tert-OH is 1. The Morgan fingerprint density at radius 3 is 1.03 bits per heavy atom. The topological polar surface area (TPSA) is 78.3 Å². The Labute approximate surface area is 220 Å². The molecule has 7 heteroatoms. The van der Waals surface area contributed by atoms with Gasteiger partial charge >= 0.3 is 0 Å². The summed E-state index contributed by atoms with van der Waals surface area (Å²) in [6.45, 7) is 7.77. The zero-order chi connectivity index (χ0) is 26.1. The molecule has 7 nitrogen and oxygen atoms in total. The van der Waals surface area contributed by atoms with E-state index in [4.69, 9.17) is 0 Å². The van der Waals surface area contributed by atoms with E-state index < -0.39 is 6.10 Å². The highest BCUT2D eigenvalue weighted by Gasteiger charge is 2.18. The van der Waals surface area contributed by atoms with Crippen LogP contribution in [-0.2, 0) is 26.2 Å². The summed E-state index contributed by atoms with van der Waals surface area (Å²) >= 11 is 0. The van der Waals surface area contributed by atoms with Gasteiger partial charge in [-0.1, -0.05) is 44.5 Å². The quantitative estimate of drug-likeness (QED) is 0.302. The van der Waals surface area contributed by atoms with Crippen molar-refractivity contribution < 1.29 is 5.11 Å². The Kier molecular flexibility index (Phi) is 12.3. The monoisotopic (exact) mass is 498 g/mol. The van der Waals surface area contributed by atoms with Crippen LogP contribution in [0.2, 0.25) is 0 Å². The predicted molar refractivity (Wildman–Crippen MR) is 147 cm³/mol. The van der Waals surface area contributed by atoms with Gasteiger partial charge in [-0.05, 0) is 48.5 Å². The first kappa shape index (κ1) is 28.1. The minimum absolute atomic E-state index is 0.494. The summed E-state index contributed by atoms with van der Waals surface area (Å²) in [7, 11) is 0. The molecule has 0 aromatic carbocycles. The van der Waals surface area contributed by atoms with Crippen molar-refractivity contribution in [3.63, 3.8) is 0 Å². The summed E-state index contributed by atoms with van der Waals surface area (Å²) < 4.78 is 0. The lowest BCUT2D eigenvalue weighted by molar-refractivity contribution is 0.0615. The summed E-state index contributed by atoms with van der Waals surface area (Å²) in [5.74, 6) is 0. The average molecular weight is 499 g/mol. The Balaban J connectivity index is 0.00000121. The van der Waals surface area contributed by atoms with Crippen molar-refractivity contribution in [2.75, 3.05) is 13.1 Å². The molecule has 194 valence electrons. The molecule has 0 spiro atoms. The maximum atomic E-state index is 11.1. The van der Waals surface area contributed by atoms with Gasteiger partial charge in [0.2, 0.25) is 0 Å². The van der Waals surface area contributed by atoms with E-state index in [2.05, 4.69) is 43.6 Å². The summed E-state index contributed by atoms with van der Waals surface area (Å²) in [5, 5.41) is 11.1. The Morgan fingerprint density at radius 2 is 0.811 bits per heavy atom. The first-order chi connectivity index (χ1) is 18.2. The summed E-state index contributed by atoms with van der Waals surface area (Å²) in [6, 6.07) is 23.6. The standard InChI is InChI=1S/C27H30N6O.C3H8/c34-27(21-32(17-23-9-1-5-13-28-23)18-24-10-2-6-14-29-24)22-33(19-25-11-3-7-15-30-25)20-26-12-4-8-16-31-26;1-3-2/h1-16,27,34H,17-22H2;3H2,1-2H3. The molecule has 0 saturated carbocycles. The lowest BCUT2D eigenvalue weighted by Gasteiger charge is -2.29. The highest BCUT2D eigenvalue weighted by molar-refractivity contribution is 5.08. The van der Waals surface area contributed by atoms with Crippen molar-refractivity contribution in [3.8, 4) is 0 Å². The van der Waals surface area contributed by atoms with Crippen LogP contribution in [-0.4, -0.2) is 54.0 Å². The zero-order valence-corrected chi connectivity index (χ0v) is 21.9. The van der Waals surface area contributed by atoms with Crippen molar-refractivity contribution in [2.24, 2.45) is 0 Å². The lowest BCUT2D eigenvalue weighted by atomic mass is 10.2. The van der Waals surface area contributed by atoms with Crippen LogP contribution in [0.1, 0.15) is 43.0 Å². The fraction of sp³-hybridized carbons (Fsp3) is 0.333. The Bertz CT molecular complexity index is 928. The number of hydrogen-bond acceptors (Lipinski definition) is 7. The van der Waals surface area contributed by atoms with Gasteiger partial charge in [0.25, 0.3) is 0 Å². The minimum atomic E-state index is -0.570. The van der Waals surface area contributed by atoms with Gasteiger partial charge in [-0.3, -0.25) is 29.7 Å². The number of pyridine rings is 4. The van der Waals surface area contributed by atoms with Gasteiger partial charge in [0.1, 0.15) is 0 Å². The molecule has 37 heavy (non-hydrogen) atoms. The number of nitrogens with zero attached hydrogens (tertiary/aromatic N) is 6. The molecule has 0 unspecified atom stereocenters. The molecule has 0 saturated heterocycles. The molecule has 0 radical (unpaired) electrons. The predicted octanol–water partition coefficient (Wildman–Crippen LogP) is 4.75. The molecule has 0 bridgehead atoms. The first-order valence-electron chi connectivity index (χ1n) is 12.9. The van der Waals surface area contributed by atoms with Crippen molar-refractivity contribution in [1.29, 1.82) is 0 Å². The van der Waals surface area contributed by atoms with Crippen LogP contribution >= 0.6 is 0 Å². The van der Waals surface area contributed by atoms with Crippen LogP contribution in [0.5, 0.6) is 0 Å². The third-order valence-electron chi connectivity index (χ3n) is 5.38. The molecular formula is C30H38N6O. The summed E-state index contributed by atoms with van der Waals surface area (Å²) in [5.41, 5.74) is 3.85. The molecule has 0 atom stereocenters. The summed E-state index contributed by atoms with van der Waals surface area (Å²) in [6.07, 6.45) is 7.87. The fourth-order valence-electron chi connectivity index (χ4n) is 3.91. The van der Waals surface area contributed by atoms with Crippen molar-refractivity contribution in [1.82, 2.24) is 29.7 Å². The molecule has 0 aliphatic rings. The van der Waals surface area contributed by atoms with E-state index in [-0.39, 0.29) is 0 Å². The van der Waals surface area contributed by atoms with Crippen molar-refractivity contribution in [3.05, 3.63) is 120 Å². The van der Waals surface area contributed by atoms with Gasteiger partial charge in [0.15, 0.2) is 0 Å². The van der Waals surface area contributed by atoms with Crippen molar-refractivity contribution in [2.45, 2.75) is 52.6 Å². The van der Waals surface area contributed by atoms with E-state index in [9.17, 15) is 5.11 Å². The van der Waals surface area contributed by atoms with E-state index in [0.29, 0.717) is 39.3 Å². The van der Waals surface area contributed by atoms with Gasteiger partial charge in [0, 0.05) is 64.1 Å². The summed E-state index contributed by atoms with van der Waals surface area (Å²) in [4.78, 5) is 22.3. The molecule has 4 heterocycles. The Morgan fingerprint density at radius 1 is 0.541 bits per heavy atom. The molecule has 4 rings (SSSR count). The molecule has 1 N–H and O–H groups in total. The molecule has 0 aliphatic carbocycles. The highest BCUT2D eigenvalue weighted by atomic mass is 16.3. The fourth-order valence-corrected chi connectivity index (χ4v) is 3.91. The van der Waals surface area contributed by atoms with Crippen LogP contribution < -0.4 is 0 Å². The molecule has 0 amide bonds. The SMILES string of the molecule is CCC.OC(CN(Cc1ccccn1)Cc1ccccn1)CN(Cc1ccccn1)Cc1ccccn1. The van der Waals surface area contributed by atoms with Gasteiger partial charge < -0.3 is 5.11 Å². The molecule has 4 aromatic rings. The largest absolute Gasteiger partial charge is 0.390 e. The van der Waals surface area contributed by atoms with Crippen LogP contribution in [0.3, 0.4) is 0 Å². The minimum Gasteiger partial charge on any atom is -0.390 e. The van der Waals surface area contributed by atoms with E-state index in [1.165, 1.54) is 6.42 Å². The van der Waals surface area contributed by atoms with Gasteiger partial charge in [-0.25, -0.2) is 0 Å². The van der Waals surface area contributed by atoms with E-state index >= 15 is 0 Å². The van der Waals surface area contributed by atoms with Crippen molar-refractivity contribution >= 4 is 0 Å². The van der Waals surface area contributed by atoms with Crippen LogP contribution in [0.25, 0.3) is 0 Å². The maximum absolute atomic E-state index is 11.1. The van der Waals surface area contributed by atoms with E-state index in [1.54, 1.807) is 24.8 Å². The molecular weight excluding hydrogens is 460 g/mol. The molecule has 4 aromatic heterocycles. The third kappa shape index (κ3) is 11.0. The molecule has 0 fully saturated rings. The van der Waals surface area contributed by atoms with Crippen LogP contribution in [0, 0.1) is 0 Å². The first-order valence-corrected chi connectivity index (χ1v) is 12.9. The molecule has 0 aliphatic heterocycles. The number of hydrogen-bond donors (Lipinski definition) is 1. The van der Waals surface area contributed by atoms with Gasteiger partial charge in [0.05, 0.1) is 28.9 Å². The second kappa shape index (κ2) is 16.3. The van der Waals surface area contributed by atoms with Crippen LogP contribution in [0.15, 0.2) is 97.6 Å². The van der Waals surface area contributed by atoms with Gasteiger partial charge in [-0.2, -0.15) is 0 Å². The second-order valence-electron chi connectivity index (χ2n) is 8.98. The zero-order valence-electron chi connectivity index (χ0n) is 21.9. The van der Waals surface area contributed by atoms with E-state index in [0.717, 1.165) is 22.8 Å². The normalized spacial score (nSPS) is 11.0. The number of rotatable bonds is 12.